The standard InChI is InChI=1S/C12H18ClNO2/c1-8-5-9(2)12(11(13)6-8)14-10(7-16)3-4-15/h5-6,10,14-16H,3-4,7H2,1-2H3. The van der Waals surface area contributed by atoms with Crippen LogP contribution in [0.1, 0.15) is 17.5 Å². The van der Waals surface area contributed by atoms with Gasteiger partial charge in [-0.25, -0.2) is 0 Å². The van der Waals surface area contributed by atoms with Crippen LogP contribution in [0.25, 0.3) is 0 Å². The van der Waals surface area contributed by atoms with Gasteiger partial charge in [0, 0.05) is 6.61 Å². The molecule has 0 heterocycles. The molecule has 0 fully saturated rings. The highest BCUT2D eigenvalue weighted by atomic mass is 35.5. The van der Waals surface area contributed by atoms with Crippen molar-refractivity contribution in [3.63, 3.8) is 0 Å². The Kier molecular flexibility index (Phi) is 5.06. The molecule has 1 aromatic rings. The second kappa shape index (κ2) is 6.09. The highest BCUT2D eigenvalue weighted by molar-refractivity contribution is 6.33. The molecule has 0 spiro atoms. The molecule has 0 saturated heterocycles. The van der Waals surface area contributed by atoms with Gasteiger partial charge in [0.05, 0.1) is 23.4 Å². The molecule has 4 heteroatoms. The summed E-state index contributed by atoms with van der Waals surface area (Å²) in [6.45, 7) is 3.97. The van der Waals surface area contributed by atoms with Crippen molar-refractivity contribution in [3.8, 4) is 0 Å². The van der Waals surface area contributed by atoms with E-state index in [0.717, 1.165) is 16.8 Å². The molecule has 0 bridgehead atoms. The quantitative estimate of drug-likeness (QED) is 0.743. The van der Waals surface area contributed by atoms with Gasteiger partial charge in [-0.05, 0) is 37.5 Å². The third-order valence-electron chi connectivity index (χ3n) is 2.48. The van der Waals surface area contributed by atoms with Crippen molar-refractivity contribution in [2.24, 2.45) is 0 Å². The average Bonchev–Trinajstić information content (AvgIpc) is 2.21. The smallest absolute Gasteiger partial charge is 0.0642 e. The molecule has 90 valence electrons. The number of hydrogen-bond donors (Lipinski definition) is 3. The fourth-order valence-corrected chi connectivity index (χ4v) is 2.04. The number of hydrogen-bond acceptors (Lipinski definition) is 3. The molecular weight excluding hydrogens is 226 g/mol. The summed E-state index contributed by atoms with van der Waals surface area (Å²) in [6, 6.07) is 3.75. The Morgan fingerprint density at radius 3 is 2.50 bits per heavy atom. The van der Waals surface area contributed by atoms with Crippen molar-refractivity contribution in [2.45, 2.75) is 26.3 Å². The molecule has 0 aliphatic heterocycles. The second-order valence-corrected chi connectivity index (χ2v) is 4.38. The Bertz CT molecular complexity index is 332. The maximum atomic E-state index is 9.14. The Hall–Kier alpha value is -0.770. The number of nitrogens with one attached hydrogen (secondary N) is 1. The third kappa shape index (κ3) is 3.37. The zero-order chi connectivity index (χ0) is 12.1. The van der Waals surface area contributed by atoms with Gasteiger partial charge < -0.3 is 15.5 Å². The Morgan fingerprint density at radius 1 is 1.31 bits per heavy atom. The maximum Gasteiger partial charge on any atom is 0.0642 e. The first-order valence-corrected chi connectivity index (χ1v) is 5.71. The van der Waals surface area contributed by atoms with Crippen LogP contribution in [-0.2, 0) is 0 Å². The largest absolute Gasteiger partial charge is 0.396 e. The van der Waals surface area contributed by atoms with E-state index in [-0.39, 0.29) is 19.3 Å². The molecule has 3 N–H and O–H groups in total. The van der Waals surface area contributed by atoms with E-state index in [2.05, 4.69) is 5.32 Å². The number of rotatable bonds is 5. The highest BCUT2D eigenvalue weighted by Crippen LogP contribution is 2.28. The number of aryl methyl sites for hydroxylation is 2. The summed E-state index contributed by atoms with van der Waals surface area (Å²) in [7, 11) is 0. The fourth-order valence-electron chi connectivity index (χ4n) is 1.67. The van der Waals surface area contributed by atoms with Gasteiger partial charge >= 0.3 is 0 Å². The van der Waals surface area contributed by atoms with Crippen molar-refractivity contribution in [3.05, 3.63) is 28.3 Å². The minimum Gasteiger partial charge on any atom is -0.396 e. The molecule has 1 unspecified atom stereocenters. The number of halogens is 1. The second-order valence-electron chi connectivity index (χ2n) is 3.97. The fraction of sp³-hybridized carbons (Fsp3) is 0.500. The summed E-state index contributed by atoms with van der Waals surface area (Å²) in [4.78, 5) is 0. The summed E-state index contributed by atoms with van der Waals surface area (Å²) >= 11 is 6.13. The summed E-state index contributed by atoms with van der Waals surface area (Å²) in [5, 5.41) is 21.8. The van der Waals surface area contributed by atoms with E-state index in [9.17, 15) is 0 Å². The van der Waals surface area contributed by atoms with Crippen LogP contribution >= 0.6 is 11.6 Å². The minimum absolute atomic E-state index is 0.0236. The molecular formula is C12H18ClNO2. The van der Waals surface area contributed by atoms with E-state index in [1.807, 2.05) is 26.0 Å². The van der Waals surface area contributed by atoms with Crippen LogP contribution in [0.5, 0.6) is 0 Å². The zero-order valence-electron chi connectivity index (χ0n) is 9.63. The van der Waals surface area contributed by atoms with Gasteiger partial charge in [-0.3, -0.25) is 0 Å². The first kappa shape index (κ1) is 13.3. The molecule has 0 amide bonds. The van der Waals surface area contributed by atoms with Crippen LogP contribution in [0.15, 0.2) is 12.1 Å². The first-order valence-electron chi connectivity index (χ1n) is 5.33. The van der Waals surface area contributed by atoms with E-state index in [0.29, 0.717) is 11.4 Å². The van der Waals surface area contributed by atoms with Gasteiger partial charge in [0.2, 0.25) is 0 Å². The van der Waals surface area contributed by atoms with Gasteiger partial charge in [-0.15, -0.1) is 0 Å². The lowest BCUT2D eigenvalue weighted by atomic mass is 10.1. The summed E-state index contributed by atoms with van der Waals surface area (Å²) < 4.78 is 0. The van der Waals surface area contributed by atoms with Crippen LogP contribution in [0.3, 0.4) is 0 Å². The number of benzene rings is 1. The molecule has 3 nitrogen and oxygen atoms in total. The molecule has 16 heavy (non-hydrogen) atoms. The SMILES string of the molecule is Cc1cc(C)c(NC(CO)CCO)c(Cl)c1. The van der Waals surface area contributed by atoms with E-state index in [4.69, 9.17) is 21.8 Å². The molecule has 0 aliphatic rings. The van der Waals surface area contributed by atoms with Crippen molar-refractivity contribution >= 4 is 17.3 Å². The lowest BCUT2D eigenvalue weighted by molar-refractivity contribution is 0.229. The molecule has 0 radical (unpaired) electrons. The van der Waals surface area contributed by atoms with Gasteiger partial charge in [-0.1, -0.05) is 17.7 Å². The normalized spacial score (nSPS) is 12.6. The molecule has 1 aromatic carbocycles. The van der Waals surface area contributed by atoms with Crippen molar-refractivity contribution < 1.29 is 10.2 Å². The Balaban J connectivity index is 2.87. The van der Waals surface area contributed by atoms with Gasteiger partial charge in [0.25, 0.3) is 0 Å². The lowest BCUT2D eigenvalue weighted by Gasteiger charge is -2.19. The van der Waals surface area contributed by atoms with Crippen LogP contribution in [-0.4, -0.2) is 29.5 Å². The zero-order valence-corrected chi connectivity index (χ0v) is 10.4. The Morgan fingerprint density at radius 2 is 2.00 bits per heavy atom. The predicted octanol–water partition coefficient (Wildman–Crippen LogP) is 2.11. The lowest BCUT2D eigenvalue weighted by Crippen LogP contribution is -2.25. The van der Waals surface area contributed by atoms with Crippen molar-refractivity contribution in [1.82, 2.24) is 0 Å². The summed E-state index contributed by atoms with van der Waals surface area (Å²) in [6.07, 6.45) is 0.500. The van der Waals surface area contributed by atoms with Gasteiger partial charge in [0.15, 0.2) is 0 Å². The van der Waals surface area contributed by atoms with Crippen molar-refractivity contribution in [2.75, 3.05) is 18.5 Å². The van der Waals surface area contributed by atoms with E-state index >= 15 is 0 Å². The number of aliphatic hydroxyl groups is 2. The number of aliphatic hydroxyl groups excluding tert-OH is 2. The van der Waals surface area contributed by atoms with E-state index in [1.54, 1.807) is 0 Å². The van der Waals surface area contributed by atoms with Gasteiger partial charge in [-0.2, -0.15) is 0 Å². The topological polar surface area (TPSA) is 52.5 Å². The monoisotopic (exact) mass is 243 g/mol. The molecule has 0 aliphatic carbocycles. The third-order valence-corrected chi connectivity index (χ3v) is 2.78. The predicted molar refractivity (Wildman–Crippen MR) is 67.1 cm³/mol. The van der Waals surface area contributed by atoms with E-state index < -0.39 is 0 Å². The molecule has 0 saturated carbocycles. The molecule has 1 atom stereocenters. The first-order chi connectivity index (χ1) is 7.58. The highest BCUT2D eigenvalue weighted by Gasteiger charge is 2.11. The Labute approximate surface area is 101 Å². The number of anilines is 1. The van der Waals surface area contributed by atoms with Crippen LogP contribution < -0.4 is 5.32 Å². The average molecular weight is 244 g/mol. The summed E-state index contributed by atoms with van der Waals surface area (Å²) in [5.74, 6) is 0. The molecule has 1 rings (SSSR count). The van der Waals surface area contributed by atoms with Crippen LogP contribution in [0, 0.1) is 13.8 Å². The van der Waals surface area contributed by atoms with Crippen molar-refractivity contribution in [1.29, 1.82) is 0 Å². The summed E-state index contributed by atoms with van der Waals surface area (Å²) in [5.41, 5.74) is 2.98. The van der Waals surface area contributed by atoms with Crippen LogP contribution in [0.4, 0.5) is 5.69 Å². The van der Waals surface area contributed by atoms with E-state index in [1.165, 1.54) is 0 Å². The maximum absolute atomic E-state index is 9.14. The van der Waals surface area contributed by atoms with Crippen LogP contribution in [0.2, 0.25) is 5.02 Å². The molecule has 0 aromatic heterocycles. The van der Waals surface area contributed by atoms with Gasteiger partial charge in [0.1, 0.15) is 0 Å². The minimum atomic E-state index is -0.163.